The first-order chi connectivity index (χ1) is 15.1. The molecule has 0 unspecified atom stereocenters. The molecule has 1 saturated carbocycles. The fourth-order valence-corrected chi connectivity index (χ4v) is 4.65. The number of nitrogens with one attached hydrogen (secondary N) is 1. The van der Waals surface area contributed by atoms with Gasteiger partial charge in [0.2, 0.25) is 0 Å². The molecule has 1 aromatic carbocycles. The van der Waals surface area contributed by atoms with Gasteiger partial charge in [0.05, 0.1) is 17.2 Å². The zero-order valence-corrected chi connectivity index (χ0v) is 19.1. The highest BCUT2D eigenvalue weighted by atomic mass is 19.1. The van der Waals surface area contributed by atoms with Gasteiger partial charge in [0.1, 0.15) is 0 Å². The zero-order chi connectivity index (χ0) is 23.0. The molecule has 2 heterocycles. The fraction of sp³-hybridized carbons (Fsp3) is 0.480. The van der Waals surface area contributed by atoms with Crippen LogP contribution in [0.5, 0.6) is 0 Å². The highest BCUT2D eigenvalue weighted by Crippen LogP contribution is 2.37. The Morgan fingerprint density at radius 3 is 2.59 bits per heavy atom. The molecule has 4 rings (SSSR count). The molecule has 1 aliphatic rings. The zero-order valence-electron chi connectivity index (χ0n) is 19.1. The largest absolute Gasteiger partial charge is 0.386 e. The van der Waals surface area contributed by atoms with Gasteiger partial charge in [-0.05, 0) is 75.6 Å². The molecule has 2 N–H and O–H groups in total. The number of benzene rings is 1. The van der Waals surface area contributed by atoms with Gasteiger partial charge in [-0.25, -0.2) is 9.37 Å². The summed E-state index contributed by atoms with van der Waals surface area (Å²) in [6.07, 6.45) is 7.96. The lowest BCUT2D eigenvalue weighted by Crippen LogP contribution is -2.22. The highest BCUT2D eigenvalue weighted by Gasteiger charge is 2.27. The molecule has 1 aliphatic carbocycles. The van der Waals surface area contributed by atoms with Crippen LogP contribution in [0.4, 0.5) is 10.1 Å². The van der Waals surface area contributed by atoms with E-state index in [1.807, 2.05) is 10.9 Å². The summed E-state index contributed by atoms with van der Waals surface area (Å²) in [5.41, 5.74) is 0.187. The lowest BCUT2D eigenvalue weighted by atomic mass is 9.80. The van der Waals surface area contributed by atoms with Crippen molar-refractivity contribution in [1.29, 1.82) is 0 Å². The summed E-state index contributed by atoms with van der Waals surface area (Å²) in [7, 11) is 0. The van der Waals surface area contributed by atoms with Crippen LogP contribution in [0.3, 0.4) is 0 Å². The first-order valence-corrected chi connectivity index (χ1v) is 11.3. The Morgan fingerprint density at radius 1 is 1.25 bits per heavy atom. The molecule has 32 heavy (non-hydrogen) atoms. The molecule has 7 heteroatoms. The Morgan fingerprint density at radius 2 is 1.97 bits per heavy atom. The number of nitrogens with zero attached hydrogens (tertiary/aromatic N) is 3. The van der Waals surface area contributed by atoms with E-state index in [-0.39, 0.29) is 5.69 Å². The van der Waals surface area contributed by atoms with Gasteiger partial charge in [-0.3, -0.25) is 9.48 Å². The van der Waals surface area contributed by atoms with Crippen LogP contribution in [-0.2, 0) is 5.60 Å². The maximum absolute atomic E-state index is 14.0. The van der Waals surface area contributed by atoms with Crippen molar-refractivity contribution < 1.29 is 14.3 Å². The van der Waals surface area contributed by atoms with Crippen molar-refractivity contribution in [3.05, 3.63) is 53.7 Å². The van der Waals surface area contributed by atoms with E-state index in [9.17, 15) is 14.3 Å². The van der Waals surface area contributed by atoms with Crippen molar-refractivity contribution in [1.82, 2.24) is 14.8 Å². The number of fused-ring (bicyclic) bond motifs is 1. The summed E-state index contributed by atoms with van der Waals surface area (Å²) >= 11 is 0. The first-order valence-electron chi connectivity index (χ1n) is 11.3. The Bertz CT molecular complexity index is 1120. The van der Waals surface area contributed by atoms with E-state index in [0.717, 1.165) is 29.7 Å². The van der Waals surface area contributed by atoms with Crippen molar-refractivity contribution in [2.75, 3.05) is 5.32 Å². The SMILES string of the molecule is CC(C)[C@H]1CC[C@H](n2cc3cc(NC(=O)c4ncccc4F)c(C(C)(C)O)cc3n2)CC1. The van der Waals surface area contributed by atoms with E-state index in [2.05, 4.69) is 24.1 Å². The van der Waals surface area contributed by atoms with Crippen LogP contribution in [0.2, 0.25) is 0 Å². The summed E-state index contributed by atoms with van der Waals surface area (Å²) in [6, 6.07) is 6.58. The summed E-state index contributed by atoms with van der Waals surface area (Å²) < 4.78 is 16.1. The summed E-state index contributed by atoms with van der Waals surface area (Å²) in [6.45, 7) is 7.88. The molecule has 0 aliphatic heterocycles. The molecule has 1 amide bonds. The maximum Gasteiger partial charge on any atom is 0.277 e. The van der Waals surface area contributed by atoms with Crippen LogP contribution in [0.1, 0.15) is 75.5 Å². The van der Waals surface area contributed by atoms with Gasteiger partial charge < -0.3 is 10.4 Å². The number of rotatable bonds is 5. The minimum Gasteiger partial charge on any atom is -0.386 e. The number of aromatic nitrogens is 3. The normalized spacial score (nSPS) is 19.5. The predicted molar refractivity (Wildman–Crippen MR) is 123 cm³/mol. The average molecular weight is 439 g/mol. The minimum atomic E-state index is -1.22. The minimum absolute atomic E-state index is 0.285. The van der Waals surface area contributed by atoms with Crippen molar-refractivity contribution in [3.8, 4) is 0 Å². The van der Waals surface area contributed by atoms with Crippen molar-refractivity contribution in [2.45, 2.75) is 65.0 Å². The monoisotopic (exact) mass is 438 g/mol. The van der Waals surface area contributed by atoms with Gasteiger partial charge in [-0.15, -0.1) is 0 Å². The van der Waals surface area contributed by atoms with E-state index in [4.69, 9.17) is 5.10 Å². The number of halogens is 1. The Labute approximate surface area is 187 Å². The summed E-state index contributed by atoms with van der Waals surface area (Å²) in [4.78, 5) is 16.5. The van der Waals surface area contributed by atoms with E-state index < -0.39 is 17.3 Å². The van der Waals surface area contributed by atoms with Crippen molar-refractivity contribution in [2.24, 2.45) is 11.8 Å². The van der Waals surface area contributed by atoms with Crippen molar-refractivity contribution in [3.63, 3.8) is 0 Å². The maximum atomic E-state index is 14.0. The van der Waals surface area contributed by atoms with E-state index >= 15 is 0 Å². The molecule has 0 atom stereocenters. The molecule has 1 fully saturated rings. The lowest BCUT2D eigenvalue weighted by molar-refractivity contribution is 0.0793. The number of hydrogen-bond donors (Lipinski definition) is 2. The smallest absolute Gasteiger partial charge is 0.277 e. The third-order valence-electron chi connectivity index (χ3n) is 6.60. The molecule has 3 aromatic rings. The van der Waals surface area contributed by atoms with Crippen LogP contribution < -0.4 is 5.32 Å². The topological polar surface area (TPSA) is 80.0 Å². The van der Waals surface area contributed by atoms with E-state index in [1.165, 1.54) is 31.2 Å². The number of hydrogen-bond acceptors (Lipinski definition) is 4. The molecular weight excluding hydrogens is 407 g/mol. The van der Waals surface area contributed by atoms with Crippen molar-refractivity contribution >= 4 is 22.5 Å². The highest BCUT2D eigenvalue weighted by molar-refractivity contribution is 6.04. The quantitative estimate of drug-likeness (QED) is 0.556. The van der Waals surface area contributed by atoms with Crippen LogP contribution in [0.25, 0.3) is 10.9 Å². The third-order valence-corrected chi connectivity index (χ3v) is 6.60. The second-order valence-corrected chi connectivity index (χ2v) is 9.73. The van der Waals surface area contributed by atoms with Gasteiger partial charge in [-0.2, -0.15) is 5.10 Å². The Hall–Kier alpha value is -2.80. The van der Waals surface area contributed by atoms with Crippen LogP contribution >= 0.6 is 0 Å². The van der Waals surface area contributed by atoms with Crippen LogP contribution in [-0.4, -0.2) is 25.8 Å². The predicted octanol–water partition coefficient (Wildman–Crippen LogP) is 5.44. The summed E-state index contributed by atoms with van der Waals surface area (Å²) in [5.74, 6) is 0.122. The van der Waals surface area contributed by atoms with Gasteiger partial charge in [0, 0.05) is 29.0 Å². The number of amides is 1. The molecule has 0 radical (unpaired) electrons. The van der Waals surface area contributed by atoms with Gasteiger partial charge >= 0.3 is 0 Å². The van der Waals surface area contributed by atoms with Gasteiger partial charge in [0.25, 0.3) is 5.91 Å². The third kappa shape index (κ3) is 4.53. The second kappa shape index (κ2) is 8.62. The molecular formula is C25H31FN4O2. The molecule has 0 saturated heterocycles. The van der Waals surface area contributed by atoms with E-state index in [0.29, 0.717) is 23.2 Å². The number of carbonyl (C=O) groups excluding carboxylic acids is 1. The average Bonchev–Trinajstić information content (AvgIpc) is 3.16. The molecule has 0 bridgehead atoms. The van der Waals surface area contributed by atoms with Crippen LogP contribution in [0.15, 0.2) is 36.7 Å². The molecule has 6 nitrogen and oxygen atoms in total. The van der Waals surface area contributed by atoms with Gasteiger partial charge in [0.15, 0.2) is 11.5 Å². The fourth-order valence-electron chi connectivity index (χ4n) is 4.65. The lowest BCUT2D eigenvalue weighted by Gasteiger charge is -2.30. The molecule has 2 aromatic heterocycles. The molecule has 0 spiro atoms. The second-order valence-electron chi connectivity index (χ2n) is 9.73. The number of pyridine rings is 1. The Kier molecular flexibility index (Phi) is 6.03. The number of anilines is 1. The molecule has 170 valence electrons. The van der Waals surface area contributed by atoms with E-state index in [1.54, 1.807) is 26.0 Å². The van der Waals surface area contributed by atoms with Gasteiger partial charge in [-0.1, -0.05) is 13.8 Å². The summed E-state index contributed by atoms with van der Waals surface area (Å²) in [5, 5.41) is 19.1. The number of aliphatic hydroxyl groups is 1. The number of carbonyl (C=O) groups is 1. The first kappa shape index (κ1) is 22.4. The Balaban J connectivity index is 1.65. The van der Waals surface area contributed by atoms with Crippen LogP contribution in [0, 0.1) is 17.7 Å². The standard InChI is InChI=1S/C25H31FN4O2/c1-15(2)16-7-9-18(10-8-16)30-14-17-12-22(19(25(3,4)32)13-21(17)29-30)28-24(31)23-20(26)6-5-11-27-23/h5-6,11-16,18,32H,7-10H2,1-4H3,(H,28,31)/t16-,18-.